The molecule has 0 aromatic rings. The molecule has 0 aliphatic heterocycles. The Morgan fingerprint density at radius 1 is 0.828 bits per heavy atom. The van der Waals surface area contributed by atoms with Crippen molar-refractivity contribution in [1.82, 2.24) is 0 Å². The molecule has 0 saturated carbocycles. The average Bonchev–Trinajstić information content (AvgIpc) is 2.65. The van der Waals surface area contributed by atoms with Crippen molar-refractivity contribution in [3.8, 4) is 0 Å². The van der Waals surface area contributed by atoms with E-state index in [4.69, 9.17) is 9.47 Å². The number of hydrogen-bond donors (Lipinski definition) is 0. The zero-order chi connectivity index (χ0) is 20.7. The van der Waals surface area contributed by atoms with Crippen molar-refractivity contribution < 1.29 is 62.5 Å². The van der Waals surface area contributed by atoms with Gasteiger partial charge in [0.1, 0.15) is 0 Å². The van der Waals surface area contributed by atoms with E-state index in [1.165, 1.54) is 0 Å². The Morgan fingerprint density at radius 3 is 1.66 bits per heavy atom. The fourth-order valence-corrected chi connectivity index (χ4v) is 3.24. The van der Waals surface area contributed by atoms with Crippen LogP contribution < -0.4 is 29.6 Å². The van der Waals surface area contributed by atoms with Gasteiger partial charge in [0.05, 0.1) is 13.2 Å². The van der Waals surface area contributed by atoms with Crippen LogP contribution in [0.3, 0.4) is 0 Å². The Kier molecular flexibility index (Phi) is 24.4. The molecule has 0 bridgehead atoms. The Morgan fingerprint density at radius 2 is 1.28 bits per heavy atom. The van der Waals surface area contributed by atoms with Gasteiger partial charge in [-0.2, -0.15) is 0 Å². The Labute approximate surface area is 200 Å². The van der Waals surface area contributed by atoms with E-state index in [1.54, 1.807) is 0 Å². The number of ether oxygens (including phenoxy) is 2. The Bertz CT molecular complexity index is 489. The van der Waals surface area contributed by atoms with Gasteiger partial charge in [-0.3, -0.25) is 9.59 Å². The maximum Gasteiger partial charge on any atom is 1.00 e. The molecular weight excluding hydrogens is 407 g/mol. The number of unbranched alkanes of at least 4 members (excludes halogenated alkanes) is 2. The van der Waals surface area contributed by atoms with Gasteiger partial charge in [-0.25, -0.2) is 0 Å². The molecule has 0 aromatic carbocycles. The number of carbonyl (C=O) groups is 2. The zero-order valence-electron chi connectivity index (χ0n) is 18.9. The predicted molar refractivity (Wildman–Crippen MR) is 111 cm³/mol. The molecule has 0 fully saturated rings. The van der Waals surface area contributed by atoms with E-state index in [1.807, 2.05) is 13.8 Å². The van der Waals surface area contributed by atoms with E-state index in [9.17, 15) is 18.0 Å². The van der Waals surface area contributed by atoms with Crippen molar-refractivity contribution in [3.05, 3.63) is 0 Å². The van der Waals surface area contributed by atoms with Crippen LogP contribution in [0.4, 0.5) is 0 Å². The zero-order valence-corrected chi connectivity index (χ0v) is 21.8. The molecule has 0 radical (unpaired) electrons. The first-order valence-corrected chi connectivity index (χ1v) is 11.4. The predicted octanol–water partition coefficient (Wildman–Crippen LogP) is 0.656. The molecule has 0 rings (SSSR count). The molecule has 0 aliphatic rings. The van der Waals surface area contributed by atoms with Crippen molar-refractivity contribution in [3.63, 3.8) is 0 Å². The molecule has 0 amide bonds. The third kappa shape index (κ3) is 16.2. The van der Waals surface area contributed by atoms with E-state index < -0.39 is 34.3 Å². The molecule has 0 aliphatic carbocycles. The van der Waals surface area contributed by atoms with Crippen LogP contribution in [-0.2, 0) is 43.7 Å². The summed E-state index contributed by atoms with van der Waals surface area (Å²) in [7, 11) is -2.72. The largest absolute Gasteiger partial charge is 1.00 e. The second-order valence-electron chi connectivity index (χ2n) is 7.10. The van der Waals surface area contributed by atoms with Crippen molar-refractivity contribution in [2.24, 2.45) is 11.8 Å². The standard InChI is InChI=1S/C20H37O6S.Na.H2O/c1-5-9-11-16(7-3)14-25-19(21)13-18(27(23)24)20(22)26-15-17(8-4)12-10-6-2;;/h16-18H,5-15H2,1-4H3;;1H2/q-1;+1;/p+1. The molecule has 0 spiro atoms. The monoisotopic (exact) mass is 447 g/mol. The fraction of sp³-hybridized carbons (Fsp3) is 0.900. The quantitative estimate of drug-likeness (QED) is 0.148. The van der Waals surface area contributed by atoms with E-state index in [0.29, 0.717) is 0 Å². The van der Waals surface area contributed by atoms with Crippen molar-refractivity contribution in [2.45, 2.75) is 90.7 Å². The van der Waals surface area contributed by atoms with Crippen LogP contribution in [0, 0.1) is 11.8 Å². The summed E-state index contributed by atoms with van der Waals surface area (Å²) in [5.41, 5.74) is 0. The van der Waals surface area contributed by atoms with Crippen LogP contribution >= 0.6 is 0 Å². The molecule has 3 atom stereocenters. The normalized spacial score (nSPS) is 13.6. The van der Waals surface area contributed by atoms with Crippen LogP contribution in [0.5, 0.6) is 0 Å². The SMILES string of the molecule is CCCCC(CC)COC(=O)CC(C(=O)OCC(CC)CCCC)[S-](=O)=O.[Na+].[OH3+]. The number of carbonyl (C=O) groups excluding carboxylic acids is 2. The molecule has 9 heteroatoms. The second kappa shape index (κ2) is 21.1. The summed E-state index contributed by atoms with van der Waals surface area (Å²) in [5.74, 6) is -1.06. The molecule has 29 heavy (non-hydrogen) atoms. The van der Waals surface area contributed by atoms with Gasteiger partial charge < -0.3 is 23.4 Å². The van der Waals surface area contributed by atoms with Crippen LogP contribution in [0.2, 0.25) is 0 Å². The van der Waals surface area contributed by atoms with Gasteiger partial charge in [-0.15, -0.1) is 0 Å². The molecule has 168 valence electrons. The van der Waals surface area contributed by atoms with Gasteiger partial charge in [0.25, 0.3) is 5.97 Å². The number of esters is 2. The fourth-order valence-electron chi connectivity index (χ4n) is 2.74. The third-order valence-corrected chi connectivity index (χ3v) is 5.70. The molecule has 0 saturated heterocycles. The second-order valence-corrected chi connectivity index (χ2v) is 8.19. The average molecular weight is 448 g/mol. The van der Waals surface area contributed by atoms with Gasteiger partial charge in [-0.1, -0.05) is 76.9 Å². The summed E-state index contributed by atoms with van der Waals surface area (Å²) in [6, 6.07) is 0. The molecule has 0 aromatic heterocycles. The number of rotatable bonds is 16. The van der Waals surface area contributed by atoms with Crippen LogP contribution in [0.25, 0.3) is 0 Å². The van der Waals surface area contributed by atoms with E-state index in [2.05, 4.69) is 13.8 Å². The van der Waals surface area contributed by atoms with Crippen LogP contribution in [0.15, 0.2) is 0 Å². The third-order valence-electron chi connectivity index (χ3n) is 4.88. The maximum atomic E-state index is 12.1. The van der Waals surface area contributed by atoms with E-state index in [-0.39, 0.29) is 60.1 Å². The van der Waals surface area contributed by atoms with Crippen LogP contribution in [-0.4, -0.2) is 30.4 Å². The minimum absolute atomic E-state index is 0. The molecule has 3 N–H and O–H groups in total. The molecule has 7 nitrogen and oxygen atoms in total. The molecule has 0 heterocycles. The van der Waals surface area contributed by atoms with E-state index >= 15 is 0 Å². The summed E-state index contributed by atoms with van der Waals surface area (Å²) < 4.78 is 33.2. The van der Waals surface area contributed by atoms with Crippen molar-refractivity contribution >= 4 is 22.6 Å². The number of hydrogen-bond acceptors (Lipinski definition) is 7. The first kappa shape index (κ1) is 33.5. The minimum atomic E-state index is -2.72. The van der Waals surface area contributed by atoms with Gasteiger partial charge in [0.15, 0.2) is 0 Å². The topological polar surface area (TPSA) is 120 Å². The Hall–Kier alpha value is -0.150. The Balaban J connectivity index is -0.00000338. The van der Waals surface area contributed by atoms with E-state index in [0.717, 1.165) is 51.4 Å². The van der Waals surface area contributed by atoms with Gasteiger partial charge in [0.2, 0.25) is 0 Å². The van der Waals surface area contributed by atoms with Gasteiger partial charge in [0, 0.05) is 11.7 Å². The first-order chi connectivity index (χ1) is 12.9. The van der Waals surface area contributed by atoms with Crippen LogP contribution in [0.1, 0.15) is 85.5 Å². The maximum absolute atomic E-state index is 12.1. The smallest absolute Gasteiger partial charge is 0.466 e. The summed E-state index contributed by atoms with van der Waals surface area (Å²) in [4.78, 5) is 24.1. The molecule has 3 unspecified atom stereocenters. The molecular formula is C20H40NaO7S+. The van der Waals surface area contributed by atoms with Crippen molar-refractivity contribution in [2.75, 3.05) is 13.2 Å². The summed E-state index contributed by atoms with van der Waals surface area (Å²) in [6.45, 7) is 8.68. The van der Waals surface area contributed by atoms with Crippen molar-refractivity contribution in [1.29, 1.82) is 0 Å². The first-order valence-electron chi connectivity index (χ1n) is 10.3. The van der Waals surface area contributed by atoms with Gasteiger partial charge in [-0.05, 0) is 24.7 Å². The minimum Gasteiger partial charge on any atom is -0.466 e. The summed E-state index contributed by atoms with van der Waals surface area (Å²) in [6.07, 6.45) is 7.39. The summed E-state index contributed by atoms with van der Waals surface area (Å²) in [5, 5.41) is -1.50. The van der Waals surface area contributed by atoms with Gasteiger partial charge >= 0.3 is 35.5 Å². The summed E-state index contributed by atoms with van der Waals surface area (Å²) >= 11 is 0.